The Balaban J connectivity index is 2.06. The molecule has 0 aliphatic carbocycles. The highest BCUT2D eigenvalue weighted by molar-refractivity contribution is 5.81. The summed E-state index contributed by atoms with van der Waals surface area (Å²) in [5, 5.41) is 9.35. The number of benzene rings is 1. The second-order valence-electron chi connectivity index (χ2n) is 6.78. The minimum atomic E-state index is -1.05. The zero-order valence-corrected chi connectivity index (χ0v) is 13.9. The summed E-state index contributed by atoms with van der Waals surface area (Å²) in [5.74, 6) is -0.387. The number of aliphatic carboxylic acids is 1. The number of carbonyl (C=O) groups excluding carboxylic acids is 1. The maximum Gasteiger partial charge on any atom is 0.411 e. The molecule has 1 amide bonds. The van der Waals surface area contributed by atoms with E-state index in [1.165, 1.54) is 4.90 Å². The first-order valence-corrected chi connectivity index (χ1v) is 7.61. The van der Waals surface area contributed by atoms with Crippen LogP contribution < -0.4 is 4.74 Å². The van der Waals surface area contributed by atoms with E-state index in [1.54, 1.807) is 20.8 Å². The molecule has 1 aliphatic rings. The lowest BCUT2D eigenvalue weighted by molar-refractivity contribution is -0.142. The largest absolute Gasteiger partial charge is 0.488 e. The molecule has 1 heterocycles. The van der Waals surface area contributed by atoms with Gasteiger partial charge in [-0.25, -0.2) is 9.59 Å². The van der Waals surface area contributed by atoms with Crippen molar-refractivity contribution in [1.82, 2.24) is 4.90 Å². The Morgan fingerprint density at radius 2 is 1.83 bits per heavy atom. The van der Waals surface area contributed by atoms with Crippen molar-refractivity contribution < 1.29 is 24.2 Å². The molecule has 1 aromatic carbocycles. The van der Waals surface area contributed by atoms with Crippen LogP contribution in [0.15, 0.2) is 24.3 Å². The van der Waals surface area contributed by atoms with Gasteiger partial charge >= 0.3 is 12.1 Å². The Kier molecular flexibility index (Phi) is 4.82. The van der Waals surface area contributed by atoms with Gasteiger partial charge in [0, 0.05) is 6.42 Å². The third-order valence-corrected chi connectivity index (χ3v) is 3.50. The fourth-order valence-corrected chi connectivity index (χ4v) is 2.45. The van der Waals surface area contributed by atoms with Crippen molar-refractivity contribution in [2.75, 3.05) is 6.54 Å². The van der Waals surface area contributed by atoms with E-state index in [2.05, 4.69) is 0 Å². The molecule has 6 nitrogen and oxygen atoms in total. The van der Waals surface area contributed by atoms with Gasteiger partial charge in [-0.2, -0.15) is 0 Å². The molecule has 1 fully saturated rings. The van der Waals surface area contributed by atoms with Crippen molar-refractivity contribution in [2.45, 2.75) is 51.9 Å². The van der Waals surface area contributed by atoms with Gasteiger partial charge in [0.15, 0.2) is 0 Å². The summed E-state index contributed by atoms with van der Waals surface area (Å²) >= 11 is 0. The standard InChI is InChI=1S/C17H23NO5/c1-11-5-7-12(8-6-11)22-13-9-14(15(19)20)18(10-13)16(21)23-17(2,3)4/h5-8,13-14H,9-10H2,1-4H3,(H,19,20)/t13-,14-/m1/s1. The zero-order valence-electron chi connectivity index (χ0n) is 13.9. The fraction of sp³-hybridized carbons (Fsp3) is 0.529. The number of carbonyl (C=O) groups is 2. The fourth-order valence-electron chi connectivity index (χ4n) is 2.45. The van der Waals surface area contributed by atoms with E-state index in [0.717, 1.165) is 5.56 Å². The molecule has 0 unspecified atom stereocenters. The van der Waals surface area contributed by atoms with Crippen LogP contribution in [0.2, 0.25) is 0 Å². The Bertz CT molecular complexity index is 576. The highest BCUT2D eigenvalue weighted by Gasteiger charge is 2.42. The minimum absolute atomic E-state index is 0.194. The number of aryl methyl sites for hydroxylation is 1. The molecule has 1 aromatic rings. The molecule has 0 spiro atoms. The van der Waals surface area contributed by atoms with Gasteiger partial charge in [-0.05, 0) is 39.8 Å². The number of likely N-dealkylation sites (tertiary alicyclic amines) is 1. The molecule has 0 saturated carbocycles. The van der Waals surface area contributed by atoms with Gasteiger partial charge < -0.3 is 14.6 Å². The van der Waals surface area contributed by atoms with Crippen LogP contribution in [0.5, 0.6) is 5.75 Å². The normalized spacial score (nSPS) is 21.1. The molecule has 2 atom stereocenters. The van der Waals surface area contributed by atoms with E-state index >= 15 is 0 Å². The van der Waals surface area contributed by atoms with Crippen molar-refractivity contribution in [1.29, 1.82) is 0 Å². The van der Waals surface area contributed by atoms with Gasteiger partial charge in [-0.15, -0.1) is 0 Å². The monoisotopic (exact) mass is 321 g/mol. The first kappa shape index (κ1) is 17.1. The average Bonchev–Trinajstić information content (AvgIpc) is 2.84. The predicted molar refractivity (Wildman–Crippen MR) is 84.6 cm³/mol. The second-order valence-corrected chi connectivity index (χ2v) is 6.78. The van der Waals surface area contributed by atoms with Crippen molar-refractivity contribution in [2.24, 2.45) is 0 Å². The van der Waals surface area contributed by atoms with Crippen molar-refractivity contribution >= 4 is 12.1 Å². The zero-order chi connectivity index (χ0) is 17.2. The highest BCUT2D eigenvalue weighted by Crippen LogP contribution is 2.25. The van der Waals surface area contributed by atoms with Gasteiger partial charge in [0.25, 0.3) is 0 Å². The van der Waals surface area contributed by atoms with E-state index in [-0.39, 0.29) is 19.1 Å². The number of ether oxygens (including phenoxy) is 2. The van der Waals surface area contributed by atoms with Crippen LogP contribution in [0.1, 0.15) is 32.8 Å². The molecule has 1 saturated heterocycles. The van der Waals surface area contributed by atoms with Crippen molar-refractivity contribution in [3.05, 3.63) is 29.8 Å². The average molecular weight is 321 g/mol. The summed E-state index contributed by atoms with van der Waals surface area (Å²) in [5.41, 5.74) is 0.443. The predicted octanol–water partition coefficient (Wildman–Crippen LogP) is 2.84. The maximum absolute atomic E-state index is 12.2. The quantitative estimate of drug-likeness (QED) is 0.926. The number of hydrogen-bond donors (Lipinski definition) is 1. The molecule has 2 rings (SSSR count). The Labute approximate surface area is 136 Å². The molecule has 1 aliphatic heterocycles. The molecular formula is C17H23NO5. The lowest BCUT2D eigenvalue weighted by Gasteiger charge is -2.26. The summed E-state index contributed by atoms with van der Waals surface area (Å²) in [6, 6.07) is 6.58. The van der Waals surface area contributed by atoms with Crippen LogP contribution in [0.25, 0.3) is 0 Å². The first-order valence-electron chi connectivity index (χ1n) is 7.61. The summed E-state index contributed by atoms with van der Waals surface area (Å²) in [6.07, 6.45) is -0.756. The van der Waals surface area contributed by atoms with Crippen LogP contribution >= 0.6 is 0 Å². The van der Waals surface area contributed by atoms with Crippen LogP contribution in [-0.2, 0) is 9.53 Å². The summed E-state index contributed by atoms with van der Waals surface area (Å²) in [6.45, 7) is 7.41. The Hall–Kier alpha value is -2.24. The molecular weight excluding hydrogens is 298 g/mol. The topological polar surface area (TPSA) is 76.1 Å². The van der Waals surface area contributed by atoms with Gasteiger partial charge in [0.1, 0.15) is 23.5 Å². The number of rotatable bonds is 3. The summed E-state index contributed by atoms with van der Waals surface area (Å²) in [7, 11) is 0. The summed E-state index contributed by atoms with van der Waals surface area (Å²) in [4.78, 5) is 24.9. The SMILES string of the molecule is Cc1ccc(O[C@@H]2C[C@H](C(=O)O)N(C(=O)OC(C)(C)C)C2)cc1. The third kappa shape index (κ3) is 4.61. The third-order valence-electron chi connectivity index (χ3n) is 3.50. The number of carboxylic acids is 1. The number of carboxylic acid groups (broad SMARTS) is 1. The maximum atomic E-state index is 12.2. The van der Waals surface area contributed by atoms with Gasteiger partial charge in [0.05, 0.1) is 6.54 Å². The smallest absolute Gasteiger partial charge is 0.411 e. The van der Waals surface area contributed by atoms with Gasteiger partial charge in [-0.3, -0.25) is 4.90 Å². The van der Waals surface area contributed by atoms with Gasteiger partial charge in [-0.1, -0.05) is 17.7 Å². The van der Waals surface area contributed by atoms with Crippen LogP contribution in [-0.4, -0.2) is 46.4 Å². The van der Waals surface area contributed by atoms with Crippen molar-refractivity contribution in [3.63, 3.8) is 0 Å². The molecule has 6 heteroatoms. The van der Waals surface area contributed by atoms with Crippen molar-refractivity contribution in [3.8, 4) is 5.75 Å². The van der Waals surface area contributed by atoms with Gasteiger partial charge in [0.2, 0.25) is 0 Å². The number of hydrogen-bond acceptors (Lipinski definition) is 4. The van der Waals surface area contributed by atoms with Crippen LogP contribution in [0.3, 0.4) is 0 Å². The van der Waals surface area contributed by atoms with E-state index in [1.807, 2.05) is 31.2 Å². The lowest BCUT2D eigenvalue weighted by atomic mass is 10.2. The summed E-state index contributed by atoms with van der Waals surface area (Å²) < 4.78 is 11.1. The van der Waals surface area contributed by atoms with E-state index in [0.29, 0.717) is 5.75 Å². The Morgan fingerprint density at radius 1 is 1.22 bits per heavy atom. The molecule has 0 radical (unpaired) electrons. The lowest BCUT2D eigenvalue weighted by Crippen LogP contribution is -2.43. The number of nitrogens with zero attached hydrogens (tertiary/aromatic N) is 1. The second kappa shape index (κ2) is 6.48. The molecule has 126 valence electrons. The van der Waals surface area contributed by atoms with Crippen LogP contribution in [0.4, 0.5) is 4.79 Å². The minimum Gasteiger partial charge on any atom is -0.488 e. The Morgan fingerprint density at radius 3 is 2.35 bits per heavy atom. The van der Waals surface area contributed by atoms with Crippen LogP contribution in [0, 0.1) is 6.92 Å². The molecule has 0 aromatic heterocycles. The van der Waals surface area contributed by atoms with E-state index in [9.17, 15) is 14.7 Å². The number of amides is 1. The van der Waals surface area contributed by atoms with E-state index in [4.69, 9.17) is 9.47 Å². The molecule has 23 heavy (non-hydrogen) atoms. The molecule has 0 bridgehead atoms. The molecule has 1 N–H and O–H groups in total. The first-order chi connectivity index (χ1) is 10.7. The van der Waals surface area contributed by atoms with E-state index < -0.39 is 23.7 Å². The highest BCUT2D eigenvalue weighted by atomic mass is 16.6.